The van der Waals surface area contributed by atoms with E-state index in [0.29, 0.717) is 6.21 Å². The number of nitrogens with zero attached hydrogens (tertiary/aromatic N) is 1. The van der Waals surface area contributed by atoms with Crippen LogP contribution in [-0.4, -0.2) is 20.0 Å². The molecule has 6 heteroatoms. The van der Waals surface area contributed by atoms with Crippen molar-refractivity contribution in [2.45, 2.75) is 30.4 Å². The molecule has 0 N–H and O–H groups in total. The van der Waals surface area contributed by atoms with Crippen molar-refractivity contribution < 1.29 is 13.0 Å². The van der Waals surface area contributed by atoms with Gasteiger partial charge in [0.25, 0.3) is 0 Å². The van der Waals surface area contributed by atoms with E-state index in [0.717, 1.165) is 0 Å². The lowest BCUT2D eigenvalue weighted by atomic mass is 10.3. The van der Waals surface area contributed by atoms with Crippen molar-refractivity contribution in [3.8, 4) is 0 Å². The first-order valence-electron chi connectivity index (χ1n) is 3.17. The molecule has 0 aromatic heterocycles. The van der Waals surface area contributed by atoms with E-state index < -0.39 is 20.6 Å². The maximum absolute atomic E-state index is 12.1. The lowest BCUT2D eigenvalue weighted by Crippen LogP contribution is -2.21. The van der Waals surface area contributed by atoms with Crippen molar-refractivity contribution in [3.05, 3.63) is 0 Å². The third-order valence-corrected chi connectivity index (χ3v) is 2.37. The van der Waals surface area contributed by atoms with Gasteiger partial charge in [0.1, 0.15) is 11.0 Å². The van der Waals surface area contributed by atoms with Gasteiger partial charge in [-0.15, -0.1) is 0 Å². The van der Waals surface area contributed by atoms with Crippen LogP contribution >= 0.6 is 15.9 Å². The Kier molecular flexibility index (Phi) is 3.96. The number of halogens is 3. The van der Waals surface area contributed by atoms with Crippen LogP contribution in [0.1, 0.15) is 20.8 Å². The molecule has 1 atom stereocenters. The predicted octanol–water partition coefficient (Wildman–Crippen LogP) is 2.51. The van der Waals surface area contributed by atoms with Crippen molar-refractivity contribution in [2.75, 3.05) is 0 Å². The molecule has 0 radical (unpaired) electrons. The Morgan fingerprint density at radius 3 is 2.08 bits per heavy atom. The van der Waals surface area contributed by atoms with E-state index in [2.05, 4.69) is 20.3 Å². The summed E-state index contributed by atoms with van der Waals surface area (Å²) < 4.78 is 37.9. The molecule has 72 valence electrons. The fourth-order valence-corrected chi connectivity index (χ4v) is 1.05. The van der Waals surface area contributed by atoms with Gasteiger partial charge in [-0.2, -0.15) is 13.2 Å². The van der Waals surface area contributed by atoms with Gasteiger partial charge in [-0.05, 0) is 36.7 Å². The monoisotopic (exact) mass is 261 g/mol. The normalized spacial score (nSPS) is 16.8. The zero-order chi connectivity index (χ0) is 9.99. The first-order valence-corrected chi connectivity index (χ1v) is 5.07. The summed E-state index contributed by atoms with van der Waals surface area (Å²) in [7, 11) is -1.62. The summed E-state index contributed by atoms with van der Waals surface area (Å²) >= 11 is 2.06. The number of hydrogen-bond acceptors (Lipinski definition) is 1. The summed E-state index contributed by atoms with van der Waals surface area (Å²) in [5, 5.41) is 0. The second-order valence-corrected chi connectivity index (χ2v) is 6.13. The largest absolute Gasteiger partial charge is 0.337 e. The van der Waals surface area contributed by atoms with Crippen LogP contribution in [0.2, 0.25) is 0 Å². The minimum atomic E-state index is -3.17. The Morgan fingerprint density at radius 2 is 1.83 bits per heavy atom. The second kappa shape index (κ2) is 3.91. The highest BCUT2D eigenvalue weighted by atomic mass is 79.9. The molecule has 0 bridgehead atoms. The first-order chi connectivity index (χ1) is 5.13. The number of alkyl halides is 3. The zero-order valence-corrected chi connectivity index (χ0v) is 9.38. The van der Waals surface area contributed by atoms with Crippen molar-refractivity contribution in [2.24, 2.45) is 4.40 Å². The van der Waals surface area contributed by atoms with Crippen molar-refractivity contribution in [3.63, 3.8) is 0 Å². The molecule has 0 saturated carbocycles. The van der Waals surface area contributed by atoms with Gasteiger partial charge in [-0.1, -0.05) is 0 Å². The maximum atomic E-state index is 12.1. The maximum Gasteiger partial charge on any atom is 0.337 e. The highest BCUT2D eigenvalue weighted by molar-refractivity contribution is 9.10. The Bertz CT molecular complexity index is 207. The lowest BCUT2D eigenvalue weighted by molar-refractivity contribution is 0.200. The molecule has 0 spiro atoms. The van der Waals surface area contributed by atoms with E-state index in [1.54, 1.807) is 20.8 Å². The second-order valence-electron chi connectivity index (χ2n) is 3.14. The molecule has 0 aromatic rings. The highest BCUT2D eigenvalue weighted by Crippen LogP contribution is 2.20. The molecule has 2 nitrogen and oxygen atoms in total. The third kappa shape index (κ3) is 5.77. The van der Waals surface area contributed by atoms with Gasteiger partial charge >= 0.3 is 4.83 Å². The molecule has 0 rings (SSSR count). The Hall–Kier alpha value is 0.160. The molecule has 0 fully saturated rings. The topological polar surface area (TPSA) is 29.4 Å². The zero-order valence-electron chi connectivity index (χ0n) is 6.97. The summed E-state index contributed by atoms with van der Waals surface area (Å²) in [5.74, 6) is 0. The van der Waals surface area contributed by atoms with Crippen LogP contribution in [0.3, 0.4) is 0 Å². The summed E-state index contributed by atoms with van der Waals surface area (Å²) in [6, 6.07) is 0. The molecule has 0 amide bonds. The average molecular weight is 262 g/mol. The summed E-state index contributed by atoms with van der Waals surface area (Å²) in [6.07, 6.45) is 0.342. The van der Waals surface area contributed by atoms with Gasteiger partial charge in [0, 0.05) is 0 Å². The fraction of sp³-hybridized carbons (Fsp3) is 0.833. The van der Waals surface area contributed by atoms with Crippen LogP contribution in [0, 0.1) is 0 Å². The van der Waals surface area contributed by atoms with Gasteiger partial charge in [0.2, 0.25) is 0 Å². The molecule has 0 heterocycles. The van der Waals surface area contributed by atoms with Crippen LogP contribution < -0.4 is 0 Å². The molecular weight excluding hydrogens is 252 g/mol. The molecule has 0 saturated heterocycles. The smallest absolute Gasteiger partial charge is 0.234 e. The standard InChI is InChI=1S/C6H10BrF2NOS/c1-5(2,3)12(11)10-4-6(7,8)9/h4H,1-3H3/t12-/m0/s1. The van der Waals surface area contributed by atoms with Gasteiger partial charge in [-0.3, -0.25) is 0 Å². The molecule has 0 aromatic carbocycles. The highest BCUT2D eigenvalue weighted by Gasteiger charge is 2.23. The minimum absolute atomic E-state index is 0.342. The SMILES string of the molecule is CC(C)(C)[S@](=O)N=CC(F)(F)Br. The summed E-state index contributed by atoms with van der Waals surface area (Å²) in [5.41, 5.74) is 0. The third-order valence-electron chi connectivity index (χ3n) is 0.819. The van der Waals surface area contributed by atoms with Crippen LogP contribution in [0.25, 0.3) is 0 Å². The number of rotatable bonds is 2. The Balaban J connectivity index is 4.30. The van der Waals surface area contributed by atoms with Crippen molar-refractivity contribution in [1.82, 2.24) is 0 Å². The predicted molar refractivity (Wildman–Crippen MR) is 50.3 cm³/mol. The Labute approximate surface area is 81.2 Å². The van der Waals surface area contributed by atoms with Crippen molar-refractivity contribution >= 4 is 33.1 Å². The molecule has 0 aliphatic rings. The van der Waals surface area contributed by atoms with E-state index >= 15 is 0 Å². The first kappa shape index (κ1) is 12.2. The fourth-order valence-electron chi connectivity index (χ4n) is 0.266. The summed E-state index contributed by atoms with van der Waals surface area (Å²) in [4.78, 5) is -3.17. The van der Waals surface area contributed by atoms with Gasteiger partial charge in [0.05, 0.1) is 11.0 Å². The lowest BCUT2D eigenvalue weighted by Gasteiger charge is -2.13. The average Bonchev–Trinajstić information content (AvgIpc) is 1.78. The van der Waals surface area contributed by atoms with Crippen LogP contribution in [0.5, 0.6) is 0 Å². The van der Waals surface area contributed by atoms with Gasteiger partial charge < -0.3 is 0 Å². The van der Waals surface area contributed by atoms with E-state index in [1.807, 2.05) is 0 Å². The Morgan fingerprint density at radius 1 is 1.42 bits per heavy atom. The van der Waals surface area contributed by atoms with Crippen LogP contribution in [0.4, 0.5) is 8.78 Å². The molecule has 0 aliphatic heterocycles. The molecule has 0 aliphatic carbocycles. The van der Waals surface area contributed by atoms with Crippen LogP contribution in [-0.2, 0) is 11.0 Å². The molecule has 12 heavy (non-hydrogen) atoms. The van der Waals surface area contributed by atoms with E-state index in [4.69, 9.17) is 0 Å². The van der Waals surface area contributed by atoms with Crippen molar-refractivity contribution in [1.29, 1.82) is 0 Å². The molecular formula is C6H10BrF2NOS. The van der Waals surface area contributed by atoms with Gasteiger partial charge in [-0.25, -0.2) is 4.21 Å². The molecule has 0 unspecified atom stereocenters. The quantitative estimate of drug-likeness (QED) is 0.555. The number of hydrogen-bond donors (Lipinski definition) is 0. The van der Waals surface area contributed by atoms with Gasteiger partial charge in [0.15, 0.2) is 0 Å². The van der Waals surface area contributed by atoms with E-state index in [1.165, 1.54) is 0 Å². The van der Waals surface area contributed by atoms with E-state index in [-0.39, 0.29) is 0 Å². The van der Waals surface area contributed by atoms with E-state index in [9.17, 15) is 13.0 Å². The summed E-state index contributed by atoms with van der Waals surface area (Å²) in [6.45, 7) is 4.98. The minimum Gasteiger partial charge on any atom is -0.234 e. The van der Waals surface area contributed by atoms with Crippen LogP contribution in [0.15, 0.2) is 4.40 Å².